The van der Waals surface area contributed by atoms with E-state index in [-0.39, 0.29) is 6.04 Å². The number of rotatable bonds is 7. The molecule has 1 heterocycles. The van der Waals surface area contributed by atoms with Crippen molar-refractivity contribution in [3.63, 3.8) is 0 Å². The Hall–Kier alpha value is -0.950. The second-order valence-electron chi connectivity index (χ2n) is 8.19. The molecule has 0 aromatic heterocycles. The van der Waals surface area contributed by atoms with Crippen molar-refractivity contribution in [1.29, 1.82) is 0 Å². The van der Waals surface area contributed by atoms with E-state index in [0.29, 0.717) is 17.0 Å². The fourth-order valence-electron chi connectivity index (χ4n) is 4.43. The van der Waals surface area contributed by atoms with Gasteiger partial charge >= 0.3 is 0 Å². The molecule has 5 nitrogen and oxygen atoms in total. The summed E-state index contributed by atoms with van der Waals surface area (Å²) >= 11 is 0. The summed E-state index contributed by atoms with van der Waals surface area (Å²) in [5, 5.41) is 3.57. The van der Waals surface area contributed by atoms with E-state index < -0.39 is 10.0 Å². The third-order valence-corrected chi connectivity index (χ3v) is 7.85. The van der Waals surface area contributed by atoms with E-state index in [1.54, 1.807) is 12.1 Å². The van der Waals surface area contributed by atoms with Gasteiger partial charge in [-0.2, -0.15) is 0 Å². The van der Waals surface area contributed by atoms with E-state index in [9.17, 15) is 8.42 Å². The summed E-state index contributed by atoms with van der Waals surface area (Å²) in [6.07, 6.45) is 9.94. The zero-order valence-corrected chi connectivity index (χ0v) is 16.3. The van der Waals surface area contributed by atoms with Crippen molar-refractivity contribution < 1.29 is 8.42 Å². The van der Waals surface area contributed by atoms with Crippen LogP contribution in [0.2, 0.25) is 0 Å². The molecule has 4 rings (SSSR count). The summed E-state index contributed by atoms with van der Waals surface area (Å²) in [7, 11) is -3.43. The van der Waals surface area contributed by atoms with E-state index in [1.165, 1.54) is 44.9 Å². The Bertz CT molecular complexity index is 694. The SMILES string of the molecule is O=S(=O)(N[C@@H]1CCN(C2CCC2)C1)c1ccc(CNC2CCCC2)cc1. The van der Waals surface area contributed by atoms with Gasteiger partial charge in [0.1, 0.15) is 0 Å². The molecule has 6 heteroatoms. The molecule has 144 valence electrons. The summed E-state index contributed by atoms with van der Waals surface area (Å²) < 4.78 is 28.3. The van der Waals surface area contributed by atoms with Crippen LogP contribution in [0, 0.1) is 0 Å². The highest BCUT2D eigenvalue weighted by Gasteiger charge is 2.33. The van der Waals surface area contributed by atoms with Crippen molar-refractivity contribution in [2.45, 2.75) is 80.9 Å². The molecule has 2 saturated carbocycles. The molecule has 1 aromatic carbocycles. The molecule has 26 heavy (non-hydrogen) atoms. The third-order valence-electron chi connectivity index (χ3n) is 6.32. The molecule has 1 atom stereocenters. The minimum Gasteiger partial charge on any atom is -0.310 e. The van der Waals surface area contributed by atoms with Crippen molar-refractivity contribution in [2.75, 3.05) is 13.1 Å². The molecule has 1 saturated heterocycles. The number of sulfonamides is 1. The Morgan fingerprint density at radius 2 is 1.65 bits per heavy atom. The summed E-state index contributed by atoms with van der Waals surface area (Å²) in [5.74, 6) is 0. The quantitative estimate of drug-likeness (QED) is 0.767. The molecular weight excluding hydrogens is 346 g/mol. The first-order chi connectivity index (χ1) is 12.6. The van der Waals surface area contributed by atoms with Gasteiger partial charge in [0.05, 0.1) is 4.90 Å². The Morgan fingerprint density at radius 1 is 0.923 bits per heavy atom. The summed E-state index contributed by atoms with van der Waals surface area (Å²) in [6, 6.07) is 8.72. The molecule has 0 spiro atoms. The van der Waals surface area contributed by atoms with Crippen LogP contribution < -0.4 is 10.0 Å². The molecule has 1 aliphatic heterocycles. The number of likely N-dealkylation sites (tertiary alicyclic amines) is 1. The van der Waals surface area contributed by atoms with E-state index in [2.05, 4.69) is 14.9 Å². The average molecular weight is 378 g/mol. The highest BCUT2D eigenvalue weighted by Crippen LogP contribution is 2.28. The maximum Gasteiger partial charge on any atom is 0.240 e. The number of benzene rings is 1. The Kier molecular flexibility index (Phi) is 5.64. The van der Waals surface area contributed by atoms with Gasteiger partial charge in [-0.25, -0.2) is 13.1 Å². The fraction of sp³-hybridized carbons (Fsp3) is 0.700. The molecular formula is C20H31N3O2S. The smallest absolute Gasteiger partial charge is 0.240 e. The van der Waals surface area contributed by atoms with Crippen LogP contribution in [-0.4, -0.2) is 44.5 Å². The van der Waals surface area contributed by atoms with Crippen LogP contribution in [-0.2, 0) is 16.6 Å². The van der Waals surface area contributed by atoms with Crippen molar-refractivity contribution >= 4 is 10.0 Å². The standard InChI is InChI=1S/C20H31N3O2S/c24-26(25,22-18-12-13-23(15-18)19-6-3-7-19)20-10-8-16(9-11-20)14-21-17-4-1-2-5-17/h8-11,17-19,21-22H,1-7,12-15H2/t18-/m1/s1. The van der Waals surface area contributed by atoms with E-state index in [1.807, 2.05) is 12.1 Å². The first-order valence-electron chi connectivity index (χ1n) is 10.2. The van der Waals surface area contributed by atoms with Crippen molar-refractivity contribution in [1.82, 2.24) is 14.9 Å². The van der Waals surface area contributed by atoms with Crippen LogP contribution in [0.15, 0.2) is 29.2 Å². The highest BCUT2D eigenvalue weighted by atomic mass is 32.2. The van der Waals surface area contributed by atoms with Crippen LogP contribution in [0.1, 0.15) is 56.9 Å². The lowest BCUT2D eigenvalue weighted by atomic mass is 9.92. The van der Waals surface area contributed by atoms with Crippen molar-refractivity contribution in [2.24, 2.45) is 0 Å². The third kappa shape index (κ3) is 4.30. The van der Waals surface area contributed by atoms with Gasteiger partial charge in [0.25, 0.3) is 0 Å². The Morgan fingerprint density at radius 3 is 2.31 bits per heavy atom. The number of hydrogen-bond donors (Lipinski definition) is 2. The van der Waals surface area contributed by atoms with Gasteiger partial charge in [-0.15, -0.1) is 0 Å². The van der Waals surface area contributed by atoms with Crippen molar-refractivity contribution in [3.05, 3.63) is 29.8 Å². The minimum absolute atomic E-state index is 0.0457. The predicted molar refractivity (Wildman–Crippen MR) is 103 cm³/mol. The van der Waals surface area contributed by atoms with E-state index >= 15 is 0 Å². The molecule has 2 N–H and O–H groups in total. The summed E-state index contributed by atoms with van der Waals surface area (Å²) in [5.41, 5.74) is 1.15. The van der Waals surface area contributed by atoms with Gasteiger partial charge in [-0.05, 0) is 49.8 Å². The van der Waals surface area contributed by atoms with E-state index in [0.717, 1.165) is 31.6 Å². The Balaban J connectivity index is 1.30. The zero-order valence-electron chi connectivity index (χ0n) is 15.5. The lowest BCUT2D eigenvalue weighted by molar-refractivity contribution is 0.156. The maximum atomic E-state index is 12.7. The largest absolute Gasteiger partial charge is 0.310 e. The Labute approximate surface area is 157 Å². The number of nitrogens with zero attached hydrogens (tertiary/aromatic N) is 1. The minimum atomic E-state index is -3.43. The summed E-state index contributed by atoms with van der Waals surface area (Å²) in [6.45, 7) is 2.69. The lowest BCUT2D eigenvalue weighted by Crippen LogP contribution is -2.42. The monoisotopic (exact) mass is 377 g/mol. The van der Waals surface area contributed by atoms with Gasteiger partial charge in [0, 0.05) is 37.8 Å². The van der Waals surface area contributed by atoms with Gasteiger partial charge < -0.3 is 5.32 Å². The molecule has 2 aliphatic carbocycles. The number of nitrogens with one attached hydrogen (secondary N) is 2. The first-order valence-corrected chi connectivity index (χ1v) is 11.7. The molecule has 0 amide bonds. The van der Waals surface area contributed by atoms with Crippen LogP contribution in [0.25, 0.3) is 0 Å². The number of hydrogen-bond acceptors (Lipinski definition) is 4. The normalized spacial score (nSPS) is 25.6. The molecule has 0 radical (unpaired) electrons. The van der Waals surface area contributed by atoms with Crippen LogP contribution in [0.3, 0.4) is 0 Å². The summed E-state index contributed by atoms with van der Waals surface area (Å²) in [4.78, 5) is 2.83. The molecule has 0 unspecified atom stereocenters. The second kappa shape index (κ2) is 7.97. The zero-order chi connectivity index (χ0) is 18.0. The molecule has 3 fully saturated rings. The second-order valence-corrected chi connectivity index (χ2v) is 9.91. The van der Waals surface area contributed by atoms with Gasteiger partial charge in [-0.1, -0.05) is 31.4 Å². The predicted octanol–water partition coefficient (Wildman–Crippen LogP) is 2.62. The lowest BCUT2D eigenvalue weighted by Gasteiger charge is -2.34. The molecule has 0 bridgehead atoms. The van der Waals surface area contributed by atoms with Crippen molar-refractivity contribution in [3.8, 4) is 0 Å². The average Bonchev–Trinajstić information content (AvgIpc) is 3.24. The first kappa shape index (κ1) is 18.4. The van der Waals surface area contributed by atoms with Gasteiger partial charge in [0.2, 0.25) is 10.0 Å². The van der Waals surface area contributed by atoms with Gasteiger partial charge in [0.15, 0.2) is 0 Å². The van der Waals surface area contributed by atoms with E-state index in [4.69, 9.17) is 0 Å². The topological polar surface area (TPSA) is 61.4 Å². The van der Waals surface area contributed by atoms with Gasteiger partial charge in [-0.3, -0.25) is 4.90 Å². The van der Waals surface area contributed by atoms with Crippen LogP contribution in [0.4, 0.5) is 0 Å². The molecule has 3 aliphatic rings. The van der Waals surface area contributed by atoms with Crippen LogP contribution in [0.5, 0.6) is 0 Å². The van der Waals surface area contributed by atoms with Crippen LogP contribution >= 0.6 is 0 Å². The fourth-order valence-corrected chi connectivity index (χ4v) is 5.69. The highest BCUT2D eigenvalue weighted by molar-refractivity contribution is 7.89. The maximum absolute atomic E-state index is 12.7. The molecule has 1 aromatic rings.